The standard InChI is InChI=1S/C33H34N4O4S/c1-33(2,3)41-32(40)36-28-20-30(42-17-16-37(4)5)26(15-14-23-10-7-6-8-11-23)19-27(28)35-31(39)21-29(38)25-13-9-12-24(18-25)22-34/h6-13,18-20H,16-17,21H2,1-5H3,(H,35,39)(H,36,40). The van der Waals surface area contributed by atoms with Gasteiger partial charge in [0.05, 0.1) is 29.4 Å². The van der Waals surface area contributed by atoms with Crippen LogP contribution in [0.3, 0.4) is 0 Å². The predicted octanol–water partition coefficient (Wildman–Crippen LogP) is 6.17. The molecular weight excluding hydrogens is 548 g/mol. The molecule has 3 aromatic carbocycles. The molecule has 9 heteroatoms. The fraction of sp³-hybridized carbons (Fsp3) is 0.273. The number of carbonyl (C=O) groups excluding carboxylic acids is 3. The molecule has 0 aliphatic carbocycles. The minimum absolute atomic E-state index is 0.262. The molecule has 0 unspecified atom stereocenters. The maximum absolute atomic E-state index is 13.1. The molecule has 0 bridgehead atoms. The summed E-state index contributed by atoms with van der Waals surface area (Å²) >= 11 is 1.57. The molecule has 3 aromatic rings. The van der Waals surface area contributed by atoms with E-state index < -0.39 is 29.8 Å². The van der Waals surface area contributed by atoms with Gasteiger partial charge in [0.15, 0.2) is 5.78 Å². The van der Waals surface area contributed by atoms with Gasteiger partial charge in [-0.25, -0.2) is 4.79 Å². The number of thioether (sulfide) groups is 1. The molecule has 3 rings (SSSR count). The van der Waals surface area contributed by atoms with E-state index >= 15 is 0 Å². The minimum atomic E-state index is -0.734. The lowest BCUT2D eigenvalue weighted by Crippen LogP contribution is -2.28. The van der Waals surface area contributed by atoms with Gasteiger partial charge in [0.1, 0.15) is 5.60 Å². The average Bonchev–Trinajstić information content (AvgIpc) is 2.92. The summed E-state index contributed by atoms with van der Waals surface area (Å²) in [6, 6.07) is 21.1. The van der Waals surface area contributed by atoms with E-state index in [4.69, 9.17) is 10.00 Å². The Kier molecular flexibility index (Phi) is 11.3. The highest BCUT2D eigenvalue weighted by Gasteiger charge is 2.20. The number of nitrogens with zero attached hydrogens (tertiary/aromatic N) is 2. The SMILES string of the molecule is CN(C)CCSc1cc(NC(=O)OC(C)(C)C)c(NC(=O)CC(=O)c2cccc(C#N)c2)cc1C#Cc1ccccc1. The molecule has 0 aliphatic rings. The van der Waals surface area contributed by atoms with Gasteiger partial charge in [-0.1, -0.05) is 42.2 Å². The smallest absolute Gasteiger partial charge is 0.412 e. The van der Waals surface area contributed by atoms with Crippen molar-refractivity contribution in [2.24, 2.45) is 0 Å². The molecule has 2 amide bonds. The van der Waals surface area contributed by atoms with Crippen molar-refractivity contribution in [3.63, 3.8) is 0 Å². The Labute approximate surface area is 251 Å². The molecule has 0 saturated heterocycles. The van der Waals surface area contributed by atoms with Crippen LogP contribution in [-0.2, 0) is 9.53 Å². The number of rotatable bonds is 9. The van der Waals surface area contributed by atoms with E-state index in [0.29, 0.717) is 16.8 Å². The molecule has 0 aromatic heterocycles. The van der Waals surface area contributed by atoms with E-state index in [1.807, 2.05) is 50.5 Å². The zero-order chi connectivity index (χ0) is 30.7. The van der Waals surface area contributed by atoms with E-state index in [9.17, 15) is 14.4 Å². The minimum Gasteiger partial charge on any atom is -0.444 e. The zero-order valence-corrected chi connectivity index (χ0v) is 25.2. The first-order valence-corrected chi connectivity index (χ1v) is 14.3. The maximum atomic E-state index is 13.1. The second kappa shape index (κ2) is 14.9. The largest absolute Gasteiger partial charge is 0.444 e. The molecule has 216 valence electrons. The van der Waals surface area contributed by atoms with Gasteiger partial charge in [-0.3, -0.25) is 14.9 Å². The van der Waals surface area contributed by atoms with Gasteiger partial charge in [0.25, 0.3) is 0 Å². The number of nitriles is 1. The molecule has 0 fully saturated rings. The van der Waals surface area contributed by atoms with Crippen LogP contribution >= 0.6 is 11.8 Å². The number of nitrogens with one attached hydrogen (secondary N) is 2. The third-order valence-electron chi connectivity index (χ3n) is 5.58. The van der Waals surface area contributed by atoms with Crippen LogP contribution in [0.2, 0.25) is 0 Å². The summed E-state index contributed by atoms with van der Waals surface area (Å²) in [4.78, 5) is 41.5. The number of ether oxygens (including phenoxy) is 1. The molecule has 0 atom stereocenters. The third kappa shape index (κ3) is 10.4. The van der Waals surface area contributed by atoms with E-state index in [0.717, 1.165) is 22.8 Å². The summed E-state index contributed by atoms with van der Waals surface area (Å²) in [5.74, 6) is 6.11. The first kappa shape index (κ1) is 32.0. The first-order valence-electron chi connectivity index (χ1n) is 13.3. The number of carbonyl (C=O) groups is 3. The normalized spacial score (nSPS) is 10.7. The summed E-state index contributed by atoms with van der Waals surface area (Å²) in [7, 11) is 3.98. The van der Waals surface area contributed by atoms with E-state index in [-0.39, 0.29) is 11.3 Å². The van der Waals surface area contributed by atoms with Crippen LogP contribution in [0.5, 0.6) is 0 Å². The Balaban J connectivity index is 1.98. The lowest BCUT2D eigenvalue weighted by atomic mass is 10.1. The Morgan fingerprint density at radius 2 is 1.60 bits per heavy atom. The number of benzene rings is 3. The van der Waals surface area contributed by atoms with Gasteiger partial charge in [0.2, 0.25) is 5.91 Å². The molecule has 0 spiro atoms. The summed E-state index contributed by atoms with van der Waals surface area (Å²) in [5.41, 5.74) is 1.93. The molecule has 8 nitrogen and oxygen atoms in total. The van der Waals surface area contributed by atoms with Crippen molar-refractivity contribution < 1.29 is 19.1 Å². The third-order valence-corrected chi connectivity index (χ3v) is 6.61. The van der Waals surface area contributed by atoms with Gasteiger partial charge in [-0.05, 0) is 71.3 Å². The van der Waals surface area contributed by atoms with Crippen molar-refractivity contribution in [2.75, 3.05) is 37.0 Å². The number of hydrogen-bond donors (Lipinski definition) is 2. The molecule has 0 saturated carbocycles. The van der Waals surface area contributed by atoms with Crippen LogP contribution in [0, 0.1) is 23.2 Å². The van der Waals surface area contributed by atoms with Crippen molar-refractivity contribution in [2.45, 2.75) is 37.7 Å². The lowest BCUT2D eigenvalue weighted by molar-refractivity contribution is -0.115. The van der Waals surface area contributed by atoms with Crippen molar-refractivity contribution in [1.29, 1.82) is 5.26 Å². The Bertz CT molecular complexity index is 1540. The second-order valence-electron chi connectivity index (χ2n) is 10.6. The second-order valence-corrected chi connectivity index (χ2v) is 11.8. The summed E-state index contributed by atoms with van der Waals surface area (Å²) in [6.45, 7) is 6.09. The maximum Gasteiger partial charge on any atom is 0.412 e. The van der Waals surface area contributed by atoms with Crippen LogP contribution in [-0.4, -0.2) is 54.7 Å². The van der Waals surface area contributed by atoms with Crippen molar-refractivity contribution in [1.82, 2.24) is 4.90 Å². The van der Waals surface area contributed by atoms with Crippen LogP contribution in [0.4, 0.5) is 16.2 Å². The number of ketones is 1. The van der Waals surface area contributed by atoms with Crippen LogP contribution < -0.4 is 10.6 Å². The van der Waals surface area contributed by atoms with Crippen LogP contribution in [0.25, 0.3) is 0 Å². The Morgan fingerprint density at radius 1 is 0.905 bits per heavy atom. The fourth-order valence-corrected chi connectivity index (χ4v) is 4.76. The van der Waals surface area contributed by atoms with Gasteiger partial charge < -0.3 is 15.0 Å². The molecule has 0 heterocycles. The first-order chi connectivity index (χ1) is 19.9. The fourth-order valence-electron chi connectivity index (χ4n) is 3.62. The van der Waals surface area contributed by atoms with Gasteiger partial charge in [-0.15, -0.1) is 11.8 Å². The van der Waals surface area contributed by atoms with Crippen LogP contribution in [0.15, 0.2) is 71.6 Å². The lowest BCUT2D eigenvalue weighted by Gasteiger charge is -2.21. The van der Waals surface area contributed by atoms with E-state index in [1.54, 1.807) is 62.9 Å². The number of Topliss-reactive ketones (excluding diaryl/α,β-unsaturated/α-hetero) is 1. The average molecular weight is 583 g/mol. The highest BCUT2D eigenvalue weighted by Crippen LogP contribution is 2.33. The predicted molar refractivity (Wildman–Crippen MR) is 167 cm³/mol. The quantitative estimate of drug-likeness (QED) is 0.134. The van der Waals surface area contributed by atoms with Crippen molar-refractivity contribution >= 4 is 40.9 Å². The topological polar surface area (TPSA) is 112 Å². The Morgan fingerprint density at radius 3 is 2.26 bits per heavy atom. The molecule has 0 aliphatic heterocycles. The molecular formula is C33H34N4O4S. The van der Waals surface area contributed by atoms with Gasteiger partial charge in [0, 0.05) is 33.9 Å². The number of amides is 2. The molecule has 42 heavy (non-hydrogen) atoms. The van der Waals surface area contributed by atoms with Crippen molar-refractivity contribution in [3.05, 3.63) is 89.0 Å². The highest BCUT2D eigenvalue weighted by molar-refractivity contribution is 7.99. The zero-order valence-electron chi connectivity index (χ0n) is 24.4. The molecule has 0 radical (unpaired) electrons. The Hall–Kier alpha value is -4.57. The van der Waals surface area contributed by atoms with E-state index in [1.165, 1.54) is 6.07 Å². The molecule has 2 N–H and O–H groups in total. The summed E-state index contributed by atoms with van der Waals surface area (Å²) in [5, 5.41) is 14.7. The van der Waals surface area contributed by atoms with Crippen molar-refractivity contribution in [3.8, 4) is 17.9 Å². The monoisotopic (exact) mass is 582 g/mol. The number of hydrogen-bond acceptors (Lipinski definition) is 7. The number of anilines is 2. The van der Waals surface area contributed by atoms with E-state index in [2.05, 4.69) is 27.4 Å². The summed E-state index contributed by atoms with van der Waals surface area (Å²) < 4.78 is 5.45. The van der Waals surface area contributed by atoms with Gasteiger partial charge in [-0.2, -0.15) is 5.26 Å². The highest BCUT2D eigenvalue weighted by atomic mass is 32.2. The van der Waals surface area contributed by atoms with Crippen LogP contribution in [0.1, 0.15) is 54.2 Å². The summed E-state index contributed by atoms with van der Waals surface area (Å²) in [6.07, 6.45) is -1.14. The van der Waals surface area contributed by atoms with Gasteiger partial charge >= 0.3 is 6.09 Å².